The van der Waals surface area contributed by atoms with Gasteiger partial charge in [-0.15, -0.1) is 0 Å². The minimum atomic E-state index is 0.0342. The smallest absolute Gasteiger partial charge is 0.203 e. The van der Waals surface area contributed by atoms with E-state index in [1.165, 1.54) is 0 Å². The average Bonchev–Trinajstić information content (AvgIpc) is 2.85. The number of rotatable bonds is 6. The number of para-hydroxylation sites is 2. The van der Waals surface area contributed by atoms with Gasteiger partial charge in [-0.1, -0.05) is 55.3 Å². The van der Waals surface area contributed by atoms with Gasteiger partial charge in [0, 0.05) is 12.1 Å². The zero-order chi connectivity index (χ0) is 17.1. The van der Waals surface area contributed by atoms with Crippen molar-refractivity contribution in [1.29, 1.82) is 5.41 Å². The lowest BCUT2D eigenvalue weighted by atomic mass is 10.1. The number of aryl methyl sites for hydroxylation is 2. The molecule has 4 nitrogen and oxygen atoms in total. The summed E-state index contributed by atoms with van der Waals surface area (Å²) in [5, 5.41) is 8.52. The second kappa shape index (κ2) is 6.87. The molecule has 3 rings (SSSR count). The molecule has 0 saturated carbocycles. The highest BCUT2D eigenvalue weighted by Gasteiger charge is 2.14. The Kier molecular flexibility index (Phi) is 4.65. The van der Waals surface area contributed by atoms with E-state index in [2.05, 4.69) is 6.92 Å². The molecular formula is C20H23N3O. The molecule has 1 aromatic heterocycles. The van der Waals surface area contributed by atoms with Crippen molar-refractivity contribution < 1.29 is 4.79 Å². The van der Waals surface area contributed by atoms with Gasteiger partial charge in [-0.2, -0.15) is 0 Å². The molecule has 0 unspecified atom stereocenters. The van der Waals surface area contributed by atoms with E-state index >= 15 is 0 Å². The van der Waals surface area contributed by atoms with Gasteiger partial charge in [0.1, 0.15) is 0 Å². The summed E-state index contributed by atoms with van der Waals surface area (Å²) in [7, 11) is 0. The Labute approximate surface area is 141 Å². The Morgan fingerprint density at radius 1 is 1.00 bits per heavy atom. The molecule has 0 aliphatic rings. The Morgan fingerprint density at radius 3 is 2.25 bits per heavy atom. The number of hydrogen-bond acceptors (Lipinski definition) is 2. The van der Waals surface area contributed by atoms with E-state index in [1.54, 1.807) is 0 Å². The van der Waals surface area contributed by atoms with Crippen LogP contribution in [0.4, 0.5) is 0 Å². The number of hydrogen-bond donors (Lipinski definition) is 1. The molecular weight excluding hydrogens is 298 g/mol. The predicted octanol–water partition coefficient (Wildman–Crippen LogP) is 3.91. The van der Waals surface area contributed by atoms with Crippen molar-refractivity contribution in [2.45, 2.75) is 39.8 Å². The summed E-state index contributed by atoms with van der Waals surface area (Å²) in [5.74, 6) is 0.0342. The Balaban J connectivity index is 2.00. The van der Waals surface area contributed by atoms with Crippen molar-refractivity contribution in [3.05, 3.63) is 65.3 Å². The molecule has 0 fully saturated rings. The van der Waals surface area contributed by atoms with Gasteiger partial charge in [0.2, 0.25) is 5.62 Å². The summed E-state index contributed by atoms with van der Waals surface area (Å²) in [6.45, 7) is 5.15. The average molecular weight is 321 g/mol. The number of imidazole rings is 1. The molecule has 3 aromatic rings. The standard InChI is InChI=1S/C20H23N3O/c1-3-4-13-22-17-7-5-6-8-18(17)23(20(22)21)14-19(24)16-11-9-15(2)10-12-16/h5-12,21H,3-4,13-14H2,1-2H3. The fraction of sp³-hybridized carbons (Fsp3) is 0.300. The number of Topliss-reactive ketones (excluding diaryl/α,β-unsaturated/α-hetero) is 1. The first-order valence-corrected chi connectivity index (χ1v) is 8.44. The number of fused-ring (bicyclic) bond motifs is 1. The highest BCUT2D eigenvalue weighted by Crippen LogP contribution is 2.15. The van der Waals surface area contributed by atoms with E-state index in [0.29, 0.717) is 11.2 Å². The van der Waals surface area contributed by atoms with Gasteiger partial charge in [-0.3, -0.25) is 10.2 Å². The third kappa shape index (κ3) is 3.04. The maximum absolute atomic E-state index is 12.6. The van der Waals surface area contributed by atoms with Crippen LogP contribution < -0.4 is 5.62 Å². The summed E-state index contributed by atoms with van der Waals surface area (Å²) >= 11 is 0. The van der Waals surface area contributed by atoms with Crippen LogP contribution in [0.15, 0.2) is 48.5 Å². The van der Waals surface area contributed by atoms with Crippen LogP contribution in [-0.2, 0) is 13.1 Å². The molecule has 0 spiro atoms. The summed E-state index contributed by atoms with van der Waals surface area (Å²) in [6, 6.07) is 15.6. The number of nitrogens with zero attached hydrogens (tertiary/aromatic N) is 2. The van der Waals surface area contributed by atoms with Crippen molar-refractivity contribution in [3.63, 3.8) is 0 Å². The van der Waals surface area contributed by atoms with Gasteiger partial charge >= 0.3 is 0 Å². The van der Waals surface area contributed by atoms with Gasteiger partial charge in [0.25, 0.3) is 0 Å². The Bertz CT molecular complexity index is 916. The van der Waals surface area contributed by atoms with E-state index in [1.807, 2.05) is 64.6 Å². The molecule has 0 atom stereocenters. The third-order valence-corrected chi connectivity index (χ3v) is 4.39. The lowest BCUT2D eigenvalue weighted by Crippen LogP contribution is -2.27. The van der Waals surface area contributed by atoms with Crippen LogP contribution >= 0.6 is 0 Å². The molecule has 0 bridgehead atoms. The topological polar surface area (TPSA) is 50.8 Å². The quantitative estimate of drug-likeness (QED) is 0.688. The molecule has 0 aliphatic carbocycles. The van der Waals surface area contributed by atoms with Crippen molar-refractivity contribution >= 4 is 16.8 Å². The van der Waals surface area contributed by atoms with E-state index in [-0.39, 0.29) is 12.3 Å². The second-order valence-electron chi connectivity index (χ2n) is 6.19. The van der Waals surface area contributed by atoms with Crippen LogP contribution in [0.3, 0.4) is 0 Å². The van der Waals surface area contributed by atoms with Gasteiger partial charge < -0.3 is 9.13 Å². The van der Waals surface area contributed by atoms with Gasteiger partial charge in [-0.05, 0) is 25.5 Å². The van der Waals surface area contributed by atoms with Crippen molar-refractivity contribution in [1.82, 2.24) is 9.13 Å². The third-order valence-electron chi connectivity index (χ3n) is 4.39. The van der Waals surface area contributed by atoms with Gasteiger partial charge in [-0.25, -0.2) is 0 Å². The highest BCUT2D eigenvalue weighted by atomic mass is 16.1. The normalized spacial score (nSPS) is 11.1. The fourth-order valence-electron chi connectivity index (χ4n) is 2.97. The highest BCUT2D eigenvalue weighted by molar-refractivity contribution is 5.96. The molecule has 0 amide bonds. The number of ketones is 1. The predicted molar refractivity (Wildman–Crippen MR) is 96.2 cm³/mol. The number of aromatic nitrogens is 2. The van der Waals surface area contributed by atoms with Crippen molar-refractivity contribution in [2.75, 3.05) is 0 Å². The maximum Gasteiger partial charge on any atom is 0.203 e. The van der Waals surface area contributed by atoms with Crippen LogP contribution in [0.25, 0.3) is 11.0 Å². The second-order valence-corrected chi connectivity index (χ2v) is 6.19. The molecule has 1 heterocycles. The summed E-state index contributed by atoms with van der Waals surface area (Å²) in [6.07, 6.45) is 2.10. The number of carbonyl (C=O) groups excluding carboxylic acids is 1. The molecule has 0 saturated heterocycles. The summed E-state index contributed by atoms with van der Waals surface area (Å²) < 4.78 is 3.81. The van der Waals surface area contributed by atoms with Crippen molar-refractivity contribution in [3.8, 4) is 0 Å². The van der Waals surface area contributed by atoms with Crippen LogP contribution in [-0.4, -0.2) is 14.9 Å². The van der Waals surface area contributed by atoms with Crippen molar-refractivity contribution in [2.24, 2.45) is 0 Å². The largest absolute Gasteiger partial charge is 0.310 e. The SMILES string of the molecule is CCCCn1c(=N)n(CC(=O)c2ccc(C)cc2)c2ccccc21. The van der Waals surface area contributed by atoms with Crippen LogP contribution in [0, 0.1) is 12.3 Å². The molecule has 4 heteroatoms. The number of carbonyl (C=O) groups is 1. The molecule has 2 aromatic carbocycles. The van der Waals surface area contributed by atoms with E-state index in [0.717, 1.165) is 36.0 Å². The van der Waals surface area contributed by atoms with E-state index in [9.17, 15) is 4.79 Å². The van der Waals surface area contributed by atoms with E-state index in [4.69, 9.17) is 5.41 Å². The zero-order valence-electron chi connectivity index (χ0n) is 14.2. The zero-order valence-corrected chi connectivity index (χ0v) is 14.2. The first-order chi connectivity index (χ1) is 11.6. The van der Waals surface area contributed by atoms with Crippen LogP contribution in [0.2, 0.25) is 0 Å². The van der Waals surface area contributed by atoms with Gasteiger partial charge in [0.15, 0.2) is 5.78 Å². The Hall–Kier alpha value is -2.62. The van der Waals surface area contributed by atoms with E-state index < -0.39 is 0 Å². The maximum atomic E-state index is 12.6. The minimum absolute atomic E-state index is 0.0342. The Morgan fingerprint density at radius 2 is 1.62 bits per heavy atom. The fourth-order valence-corrected chi connectivity index (χ4v) is 2.97. The van der Waals surface area contributed by atoms with Crippen LogP contribution in [0.5, 0.6) is 0 Å². The molecule has 1 N–H and O–H groups in total. The number of unbranched alkanes of at least 4 members (excludes halogenated alkanes) is 1. The van der Waals surface area contributed by atoms with Gasteiger partial charge in [0.05, 0.1) is 17.6 Å². The number of nitrogens with one attached hydrogen (secondary N) is 1. The summed E-state index contributed by atoms with van der Waals surface area (Å²) in [4.78, 5) is 12.6. The minimum Gasteiger partial charge on any atom is -0.310 e. The summed E-state index contributed by atoms with van der Waals surface area (Å²) in [5.41, 5.74) is 4.19. The molecule has 0 radical (unpaired) electrons. The van der Waals surface area contributed by atoms with Crippen LogP contribution in [0.1, 0.15) is 35.7 Å². The molecule has 0 aliphatic heterocycles. The first kappa shape index (κ1) is 16.2. The molecule has 24 heavy (non-hydrogen) atoms. The number of benzene rings is 2. The monoisotopic (exact) mass is 321 g/mol. The first-order valence-electron chi connectivity index (χ1n) is 8.44. The lowest BCUT2D eigenvalue weighted by Gasteiger charge is -2.05. The lowest BCUT2D eigenvalue weighted by molar-refractivity contribution is 0.0971. The molecule has 124 valence electrons.